The van der Waals surface area contributed by atoms with Crippen molar-refractivity contribution in [1.82, 2.24) is 0 Å². The molecule has 0 aromatic heterocycles. The van der Waals surface area contributed by atoms with E-state index < -0.39 is 10.8 Å². The van der Waals surface area contributed by atoms with Gasteiger partial charge in [0.25, 0.3) is 11.6 Å². The Balaban J connectivity index is 2.30. The minimum Gasteiger partial charge on any atom is -0.497 e. The summed E-state index contributed by atoms with van der Waals surface area (Å²) in [7, 11) is 1.46. The Morgan fingerprint density at radius 1 is 1.27 bits per heavy atom. The van der Waals surface area contributed by atoms with E-state index in [-0.39, 0.29) is 22.5 Å². The molecule has 0 aliphatic rings. The van der Waals surface area contributed by atoms with E-state index in [9.17, 15) is 19.7 Å². The third-order valence-corrected chi connectivity index (χ3v) is 2.95. The molecule has 0 heterocycles. The van der Waals surface area contributed by atoms with Crippen LogP contribution in [0.1, 0.15) is 20.7 Å². The molecule has 0 fully saturated rings. The number of ether oxygens (including phenoxy) is 1. The molecule has 112 valence electrons. The minimum atomic E-state index is -0.584. The molecule has 2 rings (SSSR count). The van der Waals surface area contributed by atoms with Crippen molar-refractivity contribution in [2.75, 3.05) is 12.4 Å². The van der Waals surface area contributed by atoms with Gasteiger partial charge in [0.05, 0.1) is 17.7 Å². The van der Waals surface area contributed by atoms with Gasteiger partial charge in [0.2, 0.25) is 0 Å². The number of benzene rings is 2. The largest absolute Gasteiger partial charge is 0.497 e. The van der Waals surface area contributed by atoms with Crippen molar-refractivity contribution in [2.24, 2.45) is 0 Å². The maximum atomic E-state index is 12.2. The zero-order chi connectivity index (χ0) is 16.1. The highest BCUT2D eigenvalue weighted by Gasteiger charge is 2.13. The number of nitro groups is 1. The number of non-ortho nitro benzene ring substituents is 1. The van der Waals surface area contributed by atoms with Crippen LogP contribution in [0.15, 0.2) is 42.5 Å². The number of carbonyl (C=O) groups excluding carboxylic acids is 2. The van der Waals surface area contributed by atoms with Crippen LogP contribution in [0.3, 0.4) is 0 Å². The van der Waals surface area contributed by atoms with Crippen LogP contribution in [0.25, 0.3) is 0 Å². The molecule has 0 unspecified atom stereocenters. The highest BCUT2D eigenvalue weighted by atomic mass is 16.6. The molecule has 22 heavy (non-hydrogen) atoms. The summed E-state index contributed by atoms with van der Waals surface area (Å²) in [5.41, 5.74) is 0.480. The van der Waals surface area contributed by atoms with E-state index in [0.29, 0.717) is 12.0 Å². The smallest absolute Gasteiger partial charge is 0.270 e. The lowest BCUT2D eigenvalue weighted by Crippen LogP contribution is -2.13. The van der Waals surface area contributed by atoms with Gasteiger partial charge in [0.15, 0.2) is 6.29 Å². The van der Waals surface area contributed by atoms with Crippen LogP contribution >= 0.6 is 0 Å². The normalized spacial score (nSPS) is 9.86. The SMILES string of the molecule is COc1ccc(C=O)c(NC(=O)c2cccc([N+](=O)[O-])c2)c1. The standard InChI is InChI=1S/C15H12N2O5/c1-22-13-6-5-11(9-18)14(8-13)16-15(19)10-3-2-4-12(7-10)17(20)21/h2-9H,1H3,(H,16,19). The first-order valence-corrected chi connectivity index (χ1v) is 6.24. The van der Waals surface area contributed by atoms with E-state index in [1.165, 1.54) is 37.4 Å². The Morgan fingerprint density at radius 2 is 2.05 bits per heavy atom. The molecule has 7 nitrogen and oxygen atoms in total. The molecule has 0 saturated carbocycles. The molecule has 0 bridgehead atoms. The summed E-state index contributed by atoms with van der Waals surface area (Å²) in [6.45, 7) is 0. The monoisotopic (exact) mass is 300 g/mol. The van der Waals surface area contributed by atoms with Gasteiger partial charge in [0.1, 0.15) is 5.75 Å². The van der Waals surface area contributed by atoms with Crippen LogP contribution in [0.5, 0.6) is 5.75 Å². The van der Waals surface area contributed by atoms with E-state index in [0.717, 1.165) is 6.07 Å². The zero-order valence-electron chi connectivity index (χ0n) is 11.6. The second kappa shape index (κ2) is 6.49. The van der Waals surface area contributed by atoms with Crippen molar-refractivity contribution in [2.45, 2.75) is 0 Å². The number of nitro benzene ring substituents is 1. The molecule has 0 aliphatic carbocycles. The fourth-order valence-electron chi connectivity index (χ4n) is 1.83. The van der Waals surface area contributed by atoms with Crippen LogP contribution in [0.4, 0.5) is 11.4 Å². The van der Waals surface area contributed by atoms with Crippen LogP contribution in [-0.4, -0.2) is 24.2 Å². The Kier molecular flexibility index (Phi) is 4.47. The van der Waals surface area contributed by atoms with Crippen LogP contribution < -0.4 is 10.1 Å². The van der Waals surface area contributed by atoms with Gasteiger partial charge in [0, 0.05) is 29.3 Å². The third kappa shape index (κ3) is 3.26. The summed E-state index contributed by atoms with van der Waals surface area (Å²) < 4.78 is 5.04. The molecule has 2 aromatic carbocycles. The summed E-state index contributed by atoms with van der Waals surface area (Å²) in [4.78, 5) is 33.3. The van der Waals surface area contributed by atoms with Crippen LogP contribution in [0.2, 0.25) is 0 Å². The number of hydrogen-bond acceptors (Lipinski definition) is 5. The molecule has 1 amide bonds. The average molecular weight is 300 g/mol. The molecule has 0 saturated heterocycles. The van der Waals surface area contributed by atoms with Gasteiger partial charge in [-0.1, -0.05) is 6.07 Å². The fraction of sp³-hybridized carbons (Fsp3) is 0.0667. The van der Waals surface area contributed by atoms with Gasteiger partial charge >= 0.3 is 0 Å². The second-order valence-electron chi connectivity index (χ2n) is 4.33. The van der Waals surface area contributed by atoms with Gasteiger partial charge in [-0.15, -0.1) is 0 Å². The van der Waals surface area contributed by atoms with Crippen LogP contribution in [0, 0.1) is 10.1 Å². The van der Waals surface area contributed by atoms with E-state index in [1.807, 2.05) is 0 Å². The van der Waals surface area contributed by atoms with Gasteiger partial charge in [-0.25, -0.2) is 0 Å². The molecule has 2 aromatic rings. The van der Waals surface area contributed by atoms with Gasteiger partial charge in [-0.3, -0.25) is 19.7 Å². The van der Waals surface area contributed by atoms with Crippen molar-refractivity contribution >= 4 is 23.6 Å². The lowest BCUT2D eigenvalue weighted by molar-refractivity contribution is -0.384. The molecule has 0 radical (unpaired) electrons. The maximum Gasteiger partial charge on any atom is 0.270 e. The lowest BCUT2D eigenvalue weighted by atomic mass is 10.1. The second-order valence-corrected chi connectivity index (χ2v) is 4.33. The summed E-state index contributed by atoms with van der Waals surface area (Å²) in [5.74, 6) is -0.0833. The van der Waals surface area contributed by atoms with Gasteiger partial charge in [-0.2, -0.15) is 0 Å². The van der Waals surface area contributed by atoms with E-state index in [1.54, 1.807) is 6.07 Å². The van der Waals surface area contributed by atoms with E-state index in [4.69, 9.17) is 4.74 Å². The van der Waals surface area contributed by atoms with Gasteiger partial charge < -0.3 is 10.1 Å². The number of nitrogens with one attached hydrogen (secondary N) is 1. The molecule has 0 spiro atoms. The third-order valence-electron chi connectivity index (χ3n) is 2.95. The number of aldehydes is 1. The number of rotatable bonds is 5. The number of hydrogen-bond donors (Lipinski definition) is 1. The van der Waals surface area contributed by atoms with Crippen molar-refractivity contribution in [3.8, 4) is 5.75 Å². The fourth-order valence-corrected chi connectivity index (χ4v) is 1.83. The maximum absolute atomic E-state index is 12.2. The van der Waals surface area contributed by atoms with Crippen molar-refractivity contribution in [3.05, 3.63) is 63.7 Å². The molecule has 1 N–H and O–H groups in total. The van der Waals surface area contributed by atoms with Crippen LogP contribution in [-0.2, 0) is 0 Å². The Labute approximate surface area is 125 Å². The summed E-state index contributed by atoms with van der Waals surface area (Å²) in [6.07, 6.45) is 0.600. The Morgan fingerprint density at radius 3 is 2.68 bits per heavy atom. The topological polar surface area (TPSA) is 98.5 Å². The highest BCUT2D eigenvalue weighted by molar-refractivity contribution is 6.06. The quantitative estimate of drug-likeness (QED) is 0.520. The molecule has 7 heteroatoms. The first-order chi connectivity index (χ1) is 10.5. The zero-order valence-corrected chi connectivity index (χ0v) is 11.6. The number of anilines is 1. The Hall–Kier alpha value is -3.22. The minimum absolute atomic E-state index is 0.119. The first-order valence-electron chi connectivity index (χ1n) is 6.24. The van der Waals surface area contributed by atoms with E-state index >= 15 is 0 Å². The highest BCUT2D eigenvalue weighted by Crippen LogP contribution is 2.22. The Bertz CT molecular complexity index is 742. The predicted octanol–water partition coefficient (Wildman–Crippen LogP) is 2.67. The van der Waals surface area contributed by atoms with Crippen molar-refractivity contribution < 1.29 is 19.2 Å². The average Bonchev–Trinajstić information content (AvgIpc) is 2.54. The number of nitrogens with zero attached hydrogens (tertiary/aromatic N) is 1. The first kappa shape index (κ1) is 15.2. The molecule has 0 atom stereocenters. The van der Waals surface area contributed by atoms with Crippen molar-refractivity contribution in [1.29, 1.82) is 0 Å². The van der Waals surface area contributed by atoms with Gasteiger partial charge in [-0.05, 0) is 18.2 Å². The van der Waals surface area contributed by atoms with E-state index in [2.05, 4.69) is 5.32 Å². The van der Waals surface area contributed by atoms with Crippen molar-refractivity contribution in [3.63, 3.8) is 0 Å². The summed E-state index contributed by atoms with van der Waals surface area (Å²) in [6, 6.07) is 9.91. The predicted molar refractivity (Wildman–Crippen MR) is 79.4 cm³/mol. The lowest BCUT2D eigenvalue weighted by Gasteiger charge is -2.09. The number of amides is 1. The summed E-state index contributed by atoms with van der Waals surface area (Å²) >= 11 is 0. The number of methoxy groups -OCH3 is 1. The molecular weight excluding hydrogens is 288 g/mol. The summed E-state index contributed by atoms with van der Waals surface area (Å²) in [5, 5.41) is 13.3. The molecule has 0 aliphatic heterocycles. The number of carbonyl (C=O) groups is 2. The molecular formula is C15H12N2O5.